The van der Waals surface area contributed by atoms with Crippen LogP contribution in [0.4, 0.5) is 11.5 Å². The molecule has 0 aromatic carbocycles. The average Bonchev–Trinajstić information content (AvgIpc) is 2.16. The maximum Gasteiger partial charge on any atom is 0.311 e. The van der Waals surface area contributed by atoms with Crippen molar-refractivity contribution in [3.63, 3.8) is 0 Å². The van der Waals surface area contributed by atoms with Gasteiger partial charge in [0.15, 0.2) is 0 Å². The molecule has 0 aliphatic carbocycles. The number of nitrogens with one attached hydrogen (secondary N) is 1. The number of nitrogens with zero attached hydrogens (tertiary/aromatic N) is 2. The van der Waals surface area contributed by atoms with Crippen molar-refractivity contribution >= 4 is 11.5 Å². The number of hydrogen-bond donors (Lipinski definition) is 1. The van der Waals surface area contributed by atoms with E-state index in [0.29, 0.717) is 5.82 Å². The second kappa shape index (κ2) is 4.04. The van der Waals surface area contributed by atoms with Crippen molar-refractivity contribution in [3.05, 3.63) is 27.9 Å². The summed E-state index contributed by atoms with van der Waals surface area (Å²) in [6.07, 6.45) is 0. The summed E-state index contributed by atoms with van der Waals surface area (Å²) < 4.78 is 0. The predicted octanol–water partition coefficient (Wildman–Crippen LogP) is 2.15. The largest absolute Gasteiger partial charge is 0.367 e. The molecule has 0 saturated heterocycles. The molecular formula is C9H13N3O2. The van der Waals surface area contributed by atoms with Crippen LogP contribution in [0.5, 0.6) is 0 Å². The molecule has 0 spiro atoms. The van der Waals surface area contributed by atoms with Crippen LogP contribution in [0.3, 0.4) is 0 Å². The molecule has 0 aliphatic rings. The zero-order chi connectivity index (χ0) is 10.7. The third-order valence-electron chi connectivity index (χ3n) is 1.92. The van der Waals surface area contributed by atoms with Gasteiger partial charge >= 0.3 is 5.69 Å². The fraction of sp³-hybridized carbons (Fsp3) is 0.444. The molecule has 5 heteroatoms. The third-order valence-corrected chi connectivity index (χ3v) is 1.92. The second-order valence-electron chi connectivity index (χ2n) is 3.27. The Morgan fingerprint density at radius 2 is 2.14 bits per heavy atom. The van der Waals surface area contributed by atoms with E-state index < -0.39 is 4.92 Å². The zero-order valence-electron chi connectivity index (χ0n) is 8.44. The molecule has 0 saturated carbocycles. The maximum atomic E-state index is 10.6. The van der Waals surface area contributed by atoms with E-state index in [-0.39, 0.29) is 11.6 Å². The first kappa shape index (κ1) is 10.4. The molecule has 0 amide bonds. The lowest BCUT2D eigenvalue weighted by molar-refractivity contribution is -0.384. The molecule has 0 atom stereocenters. The van der Waals surface area contributed by atoms with E-state index in [1.54, 1.807) is 13.1 Å². The first-order chi connectivity index (χ1) is 6.56. The van der Waals surface area contributed by atoms with Gasteiger partial charge in [0.25, 0.3) is 0 Å². The number of aromatic nitrogens is 1. The molecule has 5 nitrogen and oxygen atoms in total. The van der Waals surface area contributed by atoms with Crippen LogP contribution in [-0.4, -0.2) is 17.0 Å². The van der Waals surface area contributed by atoms with Crippen molar-refractivity contribution in [1.29, 1.82) is 0 Å². The number of hydrogen-bond acceptors (Lipinski definition) is 4. The van der Waals surface area contributed by atoms with Crippen LogP contribution in [0.15, 0.2) is 12.1 Å². The maximum absolute atomic E-state index is 10.6. The molecule has 0 bridgehead atoms. The second-order valence-corrected chi connectivity index (χ2v) is 3.27. The van der Waals surface area contributed by atoms with Gasteiger partial charge in [0.05, 0.1) is 4.92 Å². The fourth-order valence-electron chi connectivity index (χ4n) is 1.12. The van der Waals surface area contributed by atoms with Crippen LogP contribution in [-0.2, 0) is 0 Å². The molecule has 0 unspecified atom stereocenters. The lowest BCUT2D eigenvalue weighted by Gasteiger charge is -2.06. The van der Waals surface area contributed by atoms with Gasteiger partial charge in [-0.1, -0.05) is 13.8 Å². The van der Waals surface area contributed by atoms with Gasteiger partial charge in [-0.15, -0.1) is 0 Å². The van der Waals surface area contributed by atoms with E-state index in [1.165, 1.54) is 6.07 Å². The summed E-state index contributed by atoms with van der Waals surface area (Å²) in [5.74, 6) is 0.587. The Hall–Kier alpha value is -1.65. The van der Waals surface area contributed by atoms with Crippen molar-refractivity contribution in [1.82, 2.24) is 4.98 Å². The van der Waals surface area contributed by atoms with Crippen molar-refractivity contribution in [3.8, 4) is 0 Å². The number of anilines is 1. The Labute approximate surface area is 82.3 Å². The first-order valence-corrected chi connectivity index (χ1v) is 4.39. The third kappa shape index (κ3) is 1.99. The van der Waals surface area contributed by atoms with Crippen molar-refractivity contribution < 1.29 is 4.92 Å². The van der Waals surface area contributed by atoms with Gasteiger partial charge in [-0.25, -0.2) is 4.98 Å². The predicted molar refractivity (Wildman–Crippen MR) is 54.5 cm³/mol. The minimum atomic E-state index is -0.442. The summed E-state index contributed by atoms with van der Waals surface area (Å²) in [5, 5.41) is 13.3. The first-order valence-electron chi connectivity index (χ1n) is 4.39. The van der Waals surface area contributed by atoms with Gasteiger partial charge in [0.1, 0.15) is 0 Å². The highest BCUT2D eigenvalue weighted by atomic mass is 16.6. The molecule has 14 heavy (non-hydrogen) atoms. The van der Waals surface area contributed by atoms with Crippen molar-refractivity contribution in [2.24, 2.45) is 0 Å². The summed E-state index contributed by atoms with van der Waals surface area (Å²) in [6, 6.07) is 3.16. The number of pyridine rings is 1. The number of rotatable bonds is 3. The molecule has 76 valence electrons. The van der Waals surface area contributed by atoms with Crippen molar-refractivity contribution in [2.45, 2.75) is 19.8 Å². The fourth-order valence-corrected chi connectivity index (χ4v) is 1.12. The zero-order valence-corrected chi connectivity index (χ0v) is 8.44. The van der Waals surface area contributed by atoms with Gasteiger partial charge in [-0.05, 0) is 12.0 Å². The van der Waals surface area contributed by atoms with Crippen LogP contribution >= 0.6 is 0 Å². The summed E-state index contributed by atoms with van der Waals surface area (Å²) in [5.41, 5.74) is 0.858. The Balaban J connectivity index is 3.18. The lowest BCUT2D eigenvalue weighted by Crippen LogP contribution is -2.02. The van der Waals surface area contributed by atoms with Crippen LogP contribution in [0, 0.1) is 10.1 Å². The molecule has 1 rings (SSSR count). The highest BCUT2D eigenvalue weighted by molar-refractivity contribution is 5.55. The summed E-state index contributed by atoms with van der Waals surface area (Å²) >= 11 is 0. The van der Waals surface area contributed by atoms with E-state index >= 15 is 0 Å². The minimum Gasteiger partial charge on any atom is -0.367 e. The van der Waals surface area contributed by atoms with Gasteiger partial charge < -0.3 is 5.32 Å². The van der Waals surface area contributed by atoms with Gasteiger partial charge in [0, 0.05) is 18.8 Å². The van der Waals surface area contributed by atoms with E-state index in [1.807, 2.05) is 13.8 Å². The minimum absolute atomic E-state index is 0.0110. The van der Waals surface area contributed by atoms with Gasteiger partial charge in [-0.2, -0.15) is 0 Å². The van der Waals surface area contributed by atoms with E-state index in [9.17, 15) is 10.1 Å². The Kier molecular flexibility index (Phi) is 3.01. The topological polar surface area (TPSA) is 68.1 Å². The summed E-state index contributed by atoms with van der Waals surface area (Å²) in [4.78, 5) is 14.3. The molecular weight excluding hydrogens is 182 g/mol. The molecule has 1 heterocycles. The summed E-state index contributed by atoms with van der Waals surface area (Å²) in [6.45, 7) is 3.99. The molecule has 0 fully saturated rings. The molecule has 1 aromatic rings. The Bertz CT molecular complexity index is 350. The molecule has 0 radical (unpaired) electrons. The highest BCUT2D eigenvalue weighted by Gasteiger charge is 2.15. The monoisotopic (exact) mass is 195 g/mol. The van der Waals surface area contributed by atoms with Crippen LogP contribution in [0.1, 0.15) is 25.5 Å². The summed E-state index contributed by atoms with van der Waals surface area (Å²) in [7, 11) is 1.62. The average molecular weight is 195 g/mol. The van der Waals surface area contributed by atoms with Crippen LogP contribution in [0.2, 0.25) is 0 Å². The normalized spacial score (nSPS) is 10.3. The van der Waals surface area contributed by atoms with Crippen LogP contribution in [0.25, 0.3) is 0 Å². The standard InChI is InChI=1S/C9H13N3O2/c1-6(2)7-4-5-8(12(13)14)9(10-3)11-7/h4-6H,1-3H3,(H,10,11). The van der Waals surface area contributed by atoms with E-state index in [2.05, 4.69) is 10.3 Å². The SMILES string of the molecule is CNc1nc(C(C)C)ccc1[N+](=O)[O-]. The van der Waals surface area contributed by atoms with Crippen LogP contribution < -0.4 is 5.32 Å². The highest BCUT2D eigenvalue weighted by Crippen LogP contribution is 2.24. The molecule has 0 aliphatic heterocycles. The molecule has 1 N–H and O–H groups in total. The van der Waals surface area contributed by atoms with Crippen molar-refractivity contribution in [2.75, 3.05) is 12.4 Å². The van der Waals surface area contributed by atoms with Gasteiger partial charge in [0.2, 0.25) is 5.82 Å². The number of nitro groups is 1. The van der Waals surface area contributed by atoms with E-state index in [4.69, 9.17) is 0 Å². The lowest BCUT2D eigenvalue weighted by atomic mass is 10.1. The van der Waals surface area contributed by atoms with E-state index in [0.717, 1.165) is 5.69 Å². The Morgan fingerprint density at radius 3 is 2.57 bits per heavy atom. The molecule has 1 aromatic heterocycles. The Morgan fingerprint density at radius 1 is 1.50 bits per heavy atom. The quantitative estimate of drug-likeness (QED) is 0.592. The smallest absolute Gasteiger partial charge is 0.311 e. The van der Waals surface area contributed by atoms with Gasteiger partial charge in [-0.3, -0.25) is 10.1 Å².